The summed E-state index contributed by atoms with van der Waals surface area (Å²) in [7, 11) is 1.62. The molecule has 0 radical (unpaired) electrons. The van der Waals surface area contributed by atoms with Gasteiger partial charge < -0.3 is 19.8 Å². The first-order valence-electron chi connectivity index (χ1n) is 9.04. The van der Waals surface area contributed by atoms with Gasteiger partial charge in [-0.2, -0.15) is 0 Å². The van der Waals surface area contributed by atoms with Crippen LogP contribution in [0.5, 0.6) is 0 Å². The summed E-state index contributed by atoms with van der Waals surface area (Å²) in [6.07, 6.45) is 1.63. The second-order valence-electron chi connectivity index (χ2n) is 7.06. The second-order valence-corrected chi connectivity index (χ2v) is 7.06. The molecule has 28 heavy (non-hydrogen) atoms. The number of carboxylic acids is 1. The van der Waals surface area contributed by atoms with Gasteiger partial charge in [0.1, 0.15) is 6.54 Å². The maximum Gasteiger partial charge on any atom is 0.328 e. The molecule has 9 nitrogen and oxygen atoms in total. The highest BCUT2D eigenvalue weighted by Crippen LogP contribution is 2.33. The summed E-state index contributed by atoms with van der Waals surface area (Å²) in [6.45, 7) is 1.80. The minimum absolute atomic E-state index is 0.249. The Balaban J connectivity index is 1.57. The lowest BCUT2D eigenvalue weighted by atomic mass is 10.1. The van der Waals surface area contributed by atoms with Crippen molar-refractivity contribution in [1.29, 1.82) is 0 Å². The Morgan fingerprint density at radius 3 is 2.57 bits per heavy atom. The molecule has 3 amide bonds. The number of aliphatic carboxylic acids is 1. The van der Waals surface area contributed by atoms with Crippen molar-refractivity contribution >= 4 is 23.9 Å². The molecule has 3 aliphatic heterocycles. The summed E-state index contributed by atoms with van der Waals surface area (Å²) in [4.78, 5) is 47.5. The molecule has 2 unspecified atom stereocenters. The lowest BCUT2D eigenvalue weighted by Crippen LogP contribution is -2.64. The molecule has 0 aliphatic carbocycles. The van der Waals surface area contributed by atoms with E-state index in [0.29, 0.717) is 18.1 Å². The van der Waals surface area contributed by atoms with E-state index in [2.05, 4.69) is 4.99 Å². The fourth-order valence-electron chi connectivity index (χ4n) is 3.82. The molecule has 1 N–H and O–H groups in total. The van der Waals surface area contributed by atoms with Crippen molar-refractivity contribution in [1.82, 2.24) is 19.6 Å². The molecule has 3 aliphatic rings. The first-order chi connectivity index (χ1) is 13.4. The van der Waals surface area contributed by atoms with Gasteiger partial charge in [-0.3, -0.25) is 14.5 Å². The monoisotopic (exact) mass is 383 g/mol. The number of rotatable bonds is 5. The molecule has 1 aromatic carbocycles. The average Bonchev–Trinajstić information content (AvgIpc) is 3.17. The predicted octanol–water partition coefficient (Wildman–Crippen LogP) is 0.751. The summed E-state index contributed by atoms with van der Waals surface area (Å²) in [6, 6.07) is 8.60. The van der Waals surface area contributed by atoms with E-state index in [1.54, 1.807) is 30.0 Å². The van der Waals surface area contributed by atoms with Gasteiger partial charge in [0, 0.05) is 25.5 Å². The number of aliphatic imine (C=N–C) groups is 1. The number of benzene rings is 1. The molecule has 3 heterocycles. The molecular weight excluding hydrogens is 362 g/mol. The molecular formula is C19H21N5O4. The highest BCUT2D eigenvalue weighted by atomic mass is 16.4. The van der Waals surface area contributed by atoms with Crippen LogP contribution in [0.15, 0.2) is 47.2 Å². The molecule has 1 aromatic rings. The minimum atomic E-state index is -0.993. The van der Waals surface area contributed by atoms with Crippen LogP contribution in [0.25, 0.3) is 0 Å². The maximum absolute atomic E-state index is 13.2. The first-order valence-corrected chi connectivity index (χ1v) is 9.04. The SMILES string of the molecule is CC1=CN2C(=NC3C2C(=O)N(CCc2ccccc2)C(=O)N3C)N1CC(=O)O. The van der Waals surface area contributed by atoms with Gasteiger partial charge >= 0.3 is 12.0 Å². The zero-order valence-electron chi connectivity index (χ0n) is 15.6. The summed E-state index contributed by atoms with van der Waals surface area (Å²) in [5.74, 6) is -0.913. The summed E-state index contributed by atoms with van der Waals surface area (Å²) < 4.78 is 0. The van der Waals surface area contributed by atoms with Crippen LogP contribution in [0, 0.1) is 0 Å². The molecule has 9 heteroatoms. The number of imide groups is 1. The highest BCUT2D eigenvalue weighted by molar-refractivity contribution is 6.05. The van der Waals surface area contributed by atoms with Crippen LogP contribution in [0.2, 0.25) is 0 Å². The topological polar surface area (TPSA) is 96.8 Å². The van der Waals surface area contributed by atoms with Crippen molar-refractivity contribution in [3.63, 3.8) is 0 Å². The Hall–Kier alpha value is -3.36. The van der Waals surface area contributed by atoms with Crippen LogP contribution >= 0.6 is 0 Å². The Labute approximate surface area is 162 Å². The number of hydrogen-bond donors (Lipinski definition) is 1. The van der Waals surface area contributed by atoms with Gasteiger partial charge in [0.15, 0.2) is 12.2 Å². The maximum atomic E-state index is 13.2. The number of amides is 3. The summed E-state index contributed by atoms with van der Waals surface area (Å²) in [5.41, 5.74) is 1.74. The van der Waals surface area contributed by atoms with Crippen LogP contribution in [0.4, 0.5) is 4.79 Å². The van der Waals surface area contributed by atoms with Crippen molar-refractivity contribution in [2.75, 3.05) is 20.1 Å². The smallest absolute Gasteiger partial charge is 0.328 e. The Bertz CT molecular complexity index is 897. The molecule has 1 saturated heterocycles. The zero-order chi connectivity index (χ0) is 20.0. The third kappa shape index (κ3) is 2.79. The van der Waals surface area contributed by atoms with Crippen molar-refractivity contribution < 1.29 is 19.5 Å². The van der Waals surface area contributed by atoms with Crippen LogP contribution in [0.1, 0.15) is 12.5 Å². The van der Waals surface area contributed by atoms with Gasteiger partial charge in [0.05, 0.1) is 0 Å². The van der Waals surface area contributed by atoms with E-state index in [1.165, 1.54) is 9.80 Å². The number of carboxylic acid groups (broad SMARTS) is 1. The third-order valence-corrected chi connectivity index (χ3v) is 5.26. The number of guanidine groups is 1. The molecule has 1 fully saturated rings. The summed E-state index contributed by atoms with van der Waals surface area (Å²) >= 11 is 0. The van der Waals surface area contributed by atoms with Crippen LogP contribution in [-0.4, -0.2) is 80.9 Å². The van der Waals surface area contributed by atoms with Gasteiger partial charge in [-0.1, -0.05) is 30.3 Å². The lowest BCUT2D eigenvalue weighted by Gasteiger charge is -2.40. The number of nitrogens with zero attached hydrogens (tertiary/aromatic N) is 5. The molecule has 0 aromatic heterocycles. The van der Waals surface area contributed by atoms with Crippen LogP contribution in [-0.2, 0) is 16.0 Å². The largest absolute Gasteiger partial charge is 0.480 e. The van der Waals surface area contributed by atoms with Gasteiger partial charge in [-0.25, -0.2) is 9.79 Å². The van der Waals surface area contributed by atoms with E-state index in [9.17, 15) is 14.4 Å². The normalized spacial score (nSPS) is 23.6. The van der Waals surface area contributed by atoms with E-state index < -0.39 is 24.2 Å². The van der Waals surface area contributed by atoms with E-state index in [1.807, 2.05) is 30.3 Å². The highest BCUT2D eigenvalue weighted by Gasteiger charge is 2.54. The quantitative estimate of drug-likeness (QED) is 0.806. The Morgan fingerprint density at radius 2 is 1.89 bits per heavy atom. The molecule has 2 atom stereocenters. The average molecular weight is 383 g/mol. The van der Waals surface area contributed by atoms with Crippen molar-refractivity contribution in [2.45, 2.75) is 25.6 Å². The standard InChI is InChI=1S/C19H21N5O4/c1-12-10-24-15-16(20-18(24)23(12)11-14(25)26)21(2)19(28)22(17(15)27)9-8-13-6-4-3-5-7-13/h3-7,10,15-16H,8-9,11H2,1-2H3,(H,25,26). The third-order valence-electron chi connectivity index (χ3n) is 5.26. The van der Waals surface area contributed by atoms with E-state index >= 15 is 0 Å². The fraction of sp³-hybridized carbons (Fsp3) is 0.368. The fourth-order valence-corrected chi connectivity index (χ4v) is 3.82. The van der Waals surface area contributed by atoms with E-state index in [-0.39, 0.29) is 19.0 Å². The van der Waals surface area contributed by atoms with Gasteiger partial charge in [0.2, 0.25) is 5.96 Å². The minimum Gasteiger partial charge on any atom is -0.480 e. The number of carbonyl (C=O) groups is 3. The van der Waals surface area contributed by atoms with Crippen molar-refractivity contribution in [3.8, 4) is 0 Å². The first kappa shape index (κ1) is 18.0. The molecule has 0 saturated carbocycles. The molecule has 0 bridgehead atoms. The Morgan fingerprint density at radius 1 is 1.18 bits per heavy atom. The zero-order valence-corrected chi connectivity index (χ0v) is 15.6. The molecule has 0 spiro atoms. The molecule has 146 valence electrons. The van der Waals surface area contributed by atoms with Gasteiger partial charge in [-0.05, 0) is 18.9 Å². The van der Waals surface area contributed by atoms with E-state index in [0.717, 1.165) is 5.56 Å². The lowest BCUT2D eigenvalue weighted by molar-refractivity contribution is -0.137. The number of urea groups is 1. The summed E-state index contributed by atoms with van der Waals surface area (Å²) in [5, 5.41) is 9.15. The van der Waals surface area contributed by atoms with Gasteiger partial charge in [0.25, 0.3) is 5.91 Å². The van der Waals surface area contributed by atoms with Crippen molar-refractivity contribution in [2.24, 2.45) is 4.99 Å². The van der Waals surface area contributed by atoms with Crippen molar-refractivity contribution in [3.05, 3.63) is 47.8 Å². The number of hydrogen-bond acceptors (Lipinski definition) is 6. The number of likely N-dealkylation sites (N-methyl/N-ethyl adjacent to an activating group) is 1. The van der Waals surface area contributed by atoms with Crippen LogP contribution in [0.3, 0.4) is 0 Å². The van der Waals surface area contributed by atoms with Crippen LogP contribution < -0.4 is 0 Å². The predicted molar refractivity (Wildman–Crippen MR) is 100.0 cm³/mol. The number of fused-ring (bicyclic) bond motifs is 3. The number of carbonyl (C=O) groups excluding carboxylic acids is 2. The second kappa shape index (κ2) is 6.66. The molecule has 4 rings (SSSR count). The van der Waals surface area contributed by atoms with Gasteiger partial charge in [-0.15, -0.1) is 0 Å². The number of allylic oxidation sites excluding steroid dienone is 1. The van der Waals surface area contributed by atoms with E-state index in [4.69, 9.17) is 5.11 Å². The Kier molecular flexibility index (Phi) is 4.29.